The number of amides is 1. The van der Waals surface area contributed by atoms with Crippen molar-refractivity contribution in [2.75, 3.05) is 44.2 Å². The fraction of sp³-hybridized carbons (Fsp3) is 0.444. The number of anilines is 1. The average molecular weight is 476 g/mol. The normalized spacial score (nSPS) is 21.2. The Hall–Kier alpha value is -3.39. The van der Waals surface area contributed by atoms with E-state index >= 15 is 0 Å². The van der Waals surface area contributed by atoms with Crippen LogP contribution in [0.15, 0.2) is 59.1 Å². The summed E-state index contributed by atoms with van der Waals surface area (Å²) in [7, 11) is 0. The lowest BCUT2D eigenvalue weighted by atomic mass is 9.96. The molecule has 2 fully saturated rings. The van der Waals surface area contributed by atoms with Gasteiger partial charge in [-0.3, -0.25) is 4.90 Å². The van der Waals surface area contributed by atoms with Gasteiger partial charge in [-0.1, -0.05) is 23.4 Å². The third kappa shape index (κ3) is 5.17. The minimum atomic E-state index is -0.177. The predicted molar refractivity (Wildman–Crippen MR) is 135 cm³/mol. The Morgan fingerprint density at radius 2 is 1.74 bits per heavy atom. The Balaban J connectivity index is 1.15. The number of ether oxygens (including phenoxy) is 1. The standard InChI is InChI=1S/C27H33N5O3/c1-3-34-27(33)32-14-13-24(19-20(32)2)31-17-15-30(16-18-31)23-11-9-21(10-12-23)25-28-26(35-29-25)22-7-5-4-6-8-22/h4-12,20,24H,3,13-19H2,1-2H3. The van der Waals surface area contributed by atoms with Crippen molar-refractivity contribution in [3.8, 4) is 22.8 Å². The van der Waals surface area contributed by atoms with Crippen LogP contribution < -0.4 is 4.90 Å². The summed E-state index contributed by atoms with van der Waals surface area (Å²) in [5.41, 5.74) is 3.08. The second-order valence-corrected chi connectivity index (χ2v) is 9.28. The zero-order chi connectivity index (χ0) is 24.2. The van der Waals surface area contributed by atoms with Gasteiger partial charge in [0.25, 0.3) is 5.89 Å². The number of piperidine rings is 1. The van der Waals surface area contributed by atoms with Crippen LogP contribution >= 0.6 is 0 Å². The Kier molecular flexibility index (Phi) is 6.99. The molecule has 0 saturated carbocycles. The van der Waals surface area contributed by atoms with E-state index in [-0.39, 0.29) is 12.1 Å². The van der Waals surface area contributed by atoms with Gasteiger partial charge in [0.1, 0.15) is 0 Å². The Labute approximate surface area is 206 Å². The zero-order valence-corrected chi connectivity index (χ0v) is 20.5. The van der Waals surface area contributed by atoms with Crippen LogP contribution in [-0.4, -0.2) is 77.4 Å². The van der Waals surface area contributed by atoms with Gasteiger partial charge in [0.15, 0.2) is 0 Å². The van der Waals surface area contributed by atoms with Crippen molar-refractivity contribution in [1.29, 1.82) is 0 Å². The number of hydrogen-bond donors (Lipinski definition) is 0. The van der Waals surface area contributed by atoms with Crippen LogP contribution in [0.25, 0.3) is 22.8 Å². The molecule has 0 aliphatic carbocycles. The van der Waals surface area contributed by atoms with E-state index in [1.165, 1.54) is 5.69 Å². The molecule has 0 radical (unpaired) electrons. The first kappa shape index (κ1) is 23.4. The smallest absolute Gasteiger partial charge is 0.409 e. The molecule has 2 atom stereocenters. The second-order valence-electron chi connectivity index (χ2n) is 9.28. The Morgan fingerprint density at radius 3 is 2.43 bits per heavy atom. The summed E-state index contributed by atoms with van der Waals surface area (Å²) >= 11 is 0. The number of piperazine rings is 1. The van der Waals surface area contributed by atoms with Crippen molar-refractivity contribution < 1.29 is 14.1 Å². The molecule has 2 aromatic carbocycles. The van der Waals surface area contributed by atoms with Gasteiger partial charge in [-0.15, -0.1) is 0 Å². The molecule has 0 bridgehead atoms. The number of rotatable bonds is 5. The molecule has 35 heavy (non-hydrogen) atoms. The Morgan fingerprint density at radius 1 is 1.00 bits per heavy atom. The summed E-state index contributed by atoms with van der Waals surface area (Å²) < 4.78 is 10.7. The highest BCUT2D eigenvalue weighted by atomic mass is 16.6. The highest BCUT2D eigenvalue weighted by Crippen LogP contribution is 2.27. The number of likely N-dealkylation sites (tertiary alicyclic amines) is 1. The first-order valence-electron chi connectivity index (χ1n) is 12.5. The summed E-state index contributed by atoms with van der Waals surface area (Å²) in [6.07, 6.45) is 1.83. The van der Waals surface area contributed by atoms with Crippen molar-refractivity contribution in [3.05, 3.63) is 54.6 Å². The van der Waals surface area contributed by atoms with Crippen molar-refractivity contribution in [1.82, 2.24) is 19.9 Å². The first-order chi connectivity index (χ1) is 17.1. The lowest BCUT2D eigenvalue weighted by molar-refractivity contribution is 0.0490. The predicted octanol–water partition coefficient (Wildman–Crippen LogP) is 4.54. The molecule has 1 amide bonds. The van der Waals surface area contributed by atoms with Crippen LogP contribution in [0, 0.1) is 0 Å². The monoisotopic (exact) mass is 475 g/mol. The van der Waals surface area contributed by atoms with E-state index in [1.54, 1.807) is 0 Å². The highest BCUT2D eigenvalue weighted by molar-refractivity contribution is 5.68. The number of aromatic nitrogens is 2. The Bertz CT molecular complexity index is 1110. The van der Waals surface area contributed by atoms with Crippen LogP contribution in [0.3, 0.4) is 0 Å². The van der Waals surface area contributed by atoms with Gasteiger partial charge in [0.05, 0.1) is 6.61 Å². The van der Waals surface area contributed by atoms with Crippen LogP contribution in [0.4, 0.5) is 10.5 Å². The van der Waals surface area contributed by atoms with Gasteiger partial charge in [0, 0.05) is 61.6 Å². The van der Waals surface area contributed by atoms with E-state index in [1.807, 2.05) is 42.2 Å². The van der Waals surface area contributed by atoms with Gasteiger partial charge >= 0.3 is 6.09 Å². The van der Waals surface area contributed by atoms with Crippen LogP contribution in [-0.2, 0) is 4.74 Å². The molecule has 2 unspecified atom stereocenters. The molecule has 0 N–H and O–H groups in total. The molecule has 1 aromatic heterocycles. The number of nitrogens with zero attached hydrogens (tertiary/aromatic N) is 5. The molecule has 3 heterocycles. The van der Waals surface area contributed by atoms with Crippen LogP contribution in [0.1, 0.15) is 26.7 Å². The third-order valence-corrected chi connectivity index (χ3v) is 7.12. The maximum absolute atomic E-state index is 12.1. The minimum absolute atomic E-state index is 0.177. The van der Waals surface area contributed by atoms with Gasteiger partial charge in [0.2, 0.25) is 5.82 Å². The topological polar surface area (TPSA) is 74.9 Å². The quantitative estimate of drug-likeness (QED) is 0.536. The zero-order valence-electron chi connectivity index (χ0n) is 20.5. The maximum atomic E-state index is 12.1. The largest absolute Gasteiger partial charge is 0.450 e. The molecular weight excluding hydrogens is 442 g/mol. The molecule has 2 aliphatic heterocycles. The molecule has 2 saturated heterocycles. The van der Waals surface area contributed by atoms with Crippen molar-refractivity contribution in [3.63, 3.8) is 0 Å². The highest BCUT2D eigenvalue weighted by Gasteiger charge is 2.33. The van der Waals surface area contributed by atoms with E-state index in [4.69, 9.17) is 9.26 Å². The first-order valence-corrected chi connectivity index (χ1v) is 12.5. The van der Waals surface area contributed by atoms with Gasteiger partial charge in [-0.05, 0) is 63.1 Å². The average Bonchev–Trinajstić information content (AvgIpc) is 3.40. The number of hydrogen-bond acceptors (Lipinski definition) is 7. The van der Waals surface area contributed by atoms with E-state index < -0.39 is 0 Å². The molecule has 184 valence electrons. The summed E-state index contributed by atoms with van der Waals surface area (Å²) in [5.74, 6) is 1.13. The minimum Gasteiger partial charge on any atom is -0.450 e. The summed E-state index contributed by atoms with van der Waals surface area (Å²) in [6, 6.07) is 19.0. The summed E-state index contributed by atoms with van der Waals surface area (Å²) in [5, 5.41) is 4.16. The van der Waals surface area contributed by atoms with Gasteiger partial charge in [-0.25, -0.2) is 4.79 Å². The van der Waals surface area contributed by atoms with Crippen molar-refractivity contribution in [2.24, 2.45) is 0 Å². The lowest BCUT2D eigenvalue weighted by Gasteiger charge is -2.45. The van der Waals surface area contributed by atoms with E-state index in [0.29, 0.717) is 24.4 Å². The molecule has 8 heteroatoms. The maximum Gasteiger partial charge on any atom is 0.409 e. The molecule has 5 rings (SSSR count). The lowest BCUT2D eigenvalue weighted by Crippen LogP contribution is -2.55. The molecule has 8 nitrogen and oxygen atoms in total. The molecule has 0 spiro atoms. The third-order valence-electron chi connectivity index (χ3n) is 7.12. The summed E-state index contributed by atoms with van der Waals surface area (Å²) in [4.78, 5) is 23.6. The SMILES string of the molecule is CCOC(=O)N1CCC(N2CCN(c3ccc(-c4noc(-c5ccccc5)n4)cc3)CC2)CC1C. The van der Waals surface area contributed by atoms with Crippen molar-refractivity contribution >= 4 is 11.8 Å². The number of benzene rings is 2. The van der Waals surface area contributed by atoms with Gasteiger partial charge in [-0.2, -0.15) is 4.98 Å². The molecule has 3 aromatic rings. The van der Waals surface area contributed by atoms with E-state index in [2.05, 4.69) is 51.1 Å². The fourth-order valence-corrected chi connectivity index (χ4v) is 5.16. The molecule has 2 aliphatic rings. The number of carbonyl (C=O) groups excluding carboxylic acids is 1. The van der Waals surface area contributed by atoms with Crippen LogP contribution in [0.2, 0.25) is 0 Å². The van der Waals surface area contributed by atoms with Crippen molar-refractivity contribution in [2.45, 2.75) is 38.8 Å². The van der Waals surface area contributed by atoms with Crippen LogP contribution in [0.5, 0.6) is 0 Å². The second kappa shape index (κ2) is 10.5. The van der Waals surface area contributed by atoms with E-state index in [9.17, 15) is 4.79 Å². The fourth-order valence-electron chi connectivity index (χ4n) is 5.16. The summed E-state index contributed by atoms with van der Waals surface area (Å²) in [6.45, 7) is 9.24. The molecular formula is C27H33N5O3. The van der Waals surface area contributed by atoms with Gasteiger partial charge < -0.3 is 19.1 Å². The number of carbonyl (C=O) groups is 1. The van der Waals surface area contributed by atoms with E-state index in [0.717, 1.165) is 56.7 Å².